The van der Waals surface area contributed by atoms with Gasteiger partial charge in [-0.3, -0.25) is 9.80 Å². The van der Waals surface area contributed by atoms with Crippen molar-refractivity contribution in [3.8, 4) is 6.07 Å². The van der Waals surface area contributed by atoms with Crippen molar-refractivity contribution in [1.29, 1.82) is 5.26 Å². The first-order valence-electron chi connectivity index (χ1n) is 9.89. The highest BCUT2D eigenvalue weighted by Crippen LogP contribution is 2.32. The van der Waals surface area contributed by atoms with Crippen molar-refractivity contribution < 1.29 is 46.1 Å². The first-order valence-corrected chi connectivity index (χ1v) is 9.89. The maximum Gasteiger partial charge on any atom is 0.490 e. The van der Waals surface area contributed by atoms with E-state index in [0.29, 0.717) is 12.1 Å². The smallest absolute Gasteiger partial charge is 0.475 e. The normalized spacial score (nSPS) is 20.1. The first kappa shape index (κ1) is 28.9. The van der Waals surface area contributed by atoms with Crippen LogP contribution in [0.5, 0.6) is 0 Å². The maximum absolute atomic E-state index is 10.6. The molecule has 188 valence electrons. The van der Waals surface area contributed by atoms with Crippen molar-refractivity contribution in [2.75, 3.05) is 19.6 Å². The summed E-state index contributed by atoms with van der Waals surface area (Å²) in [5.41, 5.74) is 2.02. The van der Waals surface area contributed by atoms with Gasteiger partial charge in [-0.05, 0) is 30.5 Å². The van der Waals surface area contributed by atoms with E-state index in [-0.39, 0.29) is 0 Å². The molecule has 2 heterocycles. The molecular weight excluding hydrogens is 472 g/mol. The summed E-state index contributed by atoms with van der Waals surface area (Å²) in [5, 5.41) is 23.2. The molecule has 1 aromatic rings. The van der Waals surface area contributed by atoms with E-state index >= 15 is 0 Å². The standard InChI is InChI=1S/C17H21N3.2C2HF3O2/c1-2-8-19-9-6-17-16(19)7-10-20(17)13-15-5-3-4-14(11-15)12-18;2*3-2(4,5)1(6)7/h2-5,11,16-17H,1,6-10,13H2;2*(H,6,7)/t16-,17+;;/m0../s1. The molecule has 0 saturated carbocycles. The van der Waals surface area contributed by atoms with Crippen LogP contribution in [0.15, 0.2) is 36.9 Å². The molecule has 0 aliphatic carbocycles. The molecule has 2 N–H and O–H groups in total. The van der Waals surface area contributed by atoms with Crippen molar-refractivity contribution in [3.05, 3.63) is 48.0 Å². The number of aliphatic carboxylic acids is 2. The van der Waals surface area contributed by atoms with E-state index in [2.05, 4.69) is 28.5 Å². The largest absolute Gasteiger partial charge is 0.490 e. The average Bonchev–Trinajstić information content (AvgIpc) is 3.31. The zero-order valence-electron chi connectivity index (χ0n) is 17.8. The van der Waals surface area contributed by atoms with Gasteiger partial charge in [-0.15, -0.1) is 6.58 Å². The third-order valence-corrected chi connectivity index (χ3v) is 5.10. The minimum atomic E-state index is -5.08. The van der Waals surface area contributed by atoms with Gasteiger partial charge >= 0.3 is 24.3 Å². The number of halogens is 6. The molecule has 0 bridgehead atoms. The number of hydrogen-bond acceptors (Lipinski definition) is 5. The molecule has 2 aliphatic rings. The molecule has 1 aromatic carbocycles. The fourth-order valence-corrected chi connectivity index (χ4v) is 3.73. The molecule has 13 heteroatoms. The fraction of sp³-hybridized carbons (Fsp3) is 0.476. The van der Waals surface area contributed by atoms with Gasteiger partial charge in [0.05, 0.1) is 11.6 Å². The Morgan fingerprint density at radius 1 is 1.03 bits per heavy atom. The van der Waals surface area contributed by atoms with Gasteiger partial charge in [0.1, 0.15) is 0 Å². The maximum atomic E-state index is 10.6. The van der Waals surface area contributed by atoms with E-state index < -0.39 is 24.3 Å². The predicted molar refractivity (Wildman–Crippen MR) is 108 cm³/mol. The van der Waals surface area contributed by atoms with E-state index in [1.165, 1.54) is 31.5 Å². The number of nitriles is 1. The lowest BCUT2D eigenvalue weighted by Gasteiger charge is -2.25. The van der Waals surface area contributed by atoms with E-state index in [1.807, 2.05) is 24.3 Å². The zero-order chi connectivity index (χ0) is 26.1. The van der Waals surface area contributed by atoms with Gasteiger partial charge in [0, 0.05) is 38.3 Å². The quantitative estimate of drug-likeness (QED) is 0.485. The average molecular weight is 495 g/mol. The molecule has 7 nitrogen and oxygen atoms in total. The summed E-state index contributed by atoms with van der Waals surface area (Å²) in [6.45, 7) is 8.20. The predicted octanol–water partition coefficient (Wildman–Crippen LogP) is 3.66. The van der Waals surface area contributed by atoms with E-state index in [1.54, 1.807) is 0 Å². The van der Waals surface area contributed by atoms with Crippen LogP contribution < -0.4 is 0 Å². The second-order valence-electron chi connectivity index (χ2n) is 7.38. The topological polar surface area (TPSA) is 105 Å². The summed E-state index contributed by atoms with van der Waals surface area (Å²) in [6.07, 6.45) is -5.63. The van der Waals surface area contributed by atoms with E-state index in [4.69, 9.17) is 25.1 Å². The molecule has 0 unspecified atom stereocenters. The molecule has 0 amide bonds. The fourth-order valence-electron chi connectivity index (χ4n) is 3.73. The van der Waals surface area contributed by atoms with E-state index in [0.717, 1.165) is 18.7 Å². The van der Waals surface area contributed by atoms with Gasteiger partial charge in [-0.2, -0.15) is 31.6 Å². The van der Waals surface area contributed by atoms with Gasteiger partial charge in [0.25, 0.3) is 0 Å². The number of likely N-dealkylation sites (tertiary alicyclic amines) is 2. The molecule has 2 saturated heterocycles. The second kappa shape index (κ2) is 12.4. The Morgan fingerprint density at radius 3 is 1.94 bits per heavy atom. The number of carboxylic acids is 2. The van der Waals surface area contributed by atoms with Crippen LogP contribution in [0.4, 0.5) is 26.3 Å². The highest BCUT2D eigenvalue weighted by Gasteiger charge is 2.41. The highest BCUT2D eigenvalue weighted by atomic mass is 19.4. The Morgan fingerprint density at radius 2 is 1.50 bits per heavy atom. The first-order chi connectivity index (χ1) is 15.7. The van der Waals surface area contributed by atoms with Crippen LogP contribution in [-0.4, -0.2) is 76.0 Å². The van der Waals surface area contributed by atoms with Crippen LogP contribution in [0, 0.1) is 11.3 Å². The molecule has 0 radical (unpaired) electrons. The summed E-state index contributed by atoms with van der Waals surface area (Å²) in [4.78, 5) is 22.9. The van der Waals surface area contributed by atoms with Gasteiger partial charge in [0.15, 0.2) is 0 Å². The van der Waals surface area contributed by atoms with Crippen LogP contribution in [0.2, 0.25) is 0 Å². The second-order valence-corrected chi connectivity index (χ2v) is 7.38. The molecule has 0 aromatic heterocycles. The molecule has 2 aliphatic heterocycles. The van der Waals surface area contributed by atoms with Crippen molar-refractivity contribution in [3.63, 3.8) is 0 Å². The zero-order valence-corrected chi connectivity index (χ0v) is 17.8. The Hall–Kier alpha value is -3.11. The van der Waals surface area contributed by atoms with Gasteiger partial charge in [-0.25, -0.2) is 9.59 Å². The van der Waals surface area contributed by atoms with Crippen molar-refractivity contribution in [1.82, 2.24) is 9.80 Å². The minimum absolute atomic E-state index is 0.681. The molecule has 2 fully saturated rings. The van der Waals surface area contributed by atoms with Crippen LogP contribution in [0.25, 0.3) is 0 Å². The third kappa shape index (κ3) is 9.03. The third-order valence-electron chi connectivity index (χ3n) is 5.10. The van der Waals surface area contributed by atoms with Crippen LogP contribution in [-0.2, 0) is 16.1 Å². The summed E-state index contributed by atoms with van der Waals surface area (Å²) in [7, 11) is 0. The molecule has 0 spiro atoms. The Labute approximate surface area is 191 Å². The van der Waals surface area contributed by atoms with E-state index in [9.17, 15) is 26.3 Å². The number of hydrogen-bond donors (Lipinski definition) is 2. The Bertz CT molecular complexity index is 874. The highest BCUT2D eigenvalue weighted by molar-refractivity contribution is 5.73. The lowest BCUT2D eigenvalue weighted by Crippen LogP contribution is -2.36. The molecule has 3 rings (SSSR count). The summed E-state index contributed by atoms with van der Waals surface area (Å²) in [6, 6.07) is 11.6. The van der Waals surface area contributed by atoms with Gasteiger partial charge in [0.2, 0.25) is 0 Å². The summed E-state index contributed by atoms with van der Waals surface area (Å²) >= 11 is 0. The van der Waals surface area contributed by atoms with Crippen LogP contribution in [0.1, 0.15) is 24.0 Å². The van der Waals surface area contributed by atoms with Gasteiger partial charge in [-0.1, -0.05) is 18.2 Å². The lowest BCUT2D eigenvalue weighted by atomic mass is 10.1. The number of benzene rings is 1. The number of fused-ring (bicyclic) bond motifs is 1. The molecule has 34 heavy (non-hydrogen) atoms. The molecule has 2 atom stereocenters. The Kier molecular flexibility index (Phi) is 10.5. The van der Waals surface area contributed by atoms with Crippen molar-refractivity contribution in [2.24, 2.45) is 0 Å². The minimum Gasteiger partial charge on any atom is -0.475 e. The van der Waals surface area contributed by atoms with Crippen molar-refractivity contribution in [2.45, 2.75) is 43.8 Å². The Balaban J connectivity index is 0.000000343. The lowest BCUT2D eigenvalue weighted by molar-refractivity contribution is -0.193. The number of carboxylic acid groups (broad SMARTS) is 2. The summed E-state index contributed by atoms with van der Waals surface area (Å²) in [5.74, 6) is -5.51. The number of rotatable bonds is 4. The SMILES string of the molecule is C=CCN1CC[C@@H]2[C@@H]1CCN2Cc1cccc(C#N)c1.O=C(O)C(F)(F)F.O=C(O)C(F)(F)F. The van der Waals surface area contributed by atoms with Crippen LogP contribution in [0.3, 0.4) is 0 Å². The number of nitrogens with zero attached hydrogens (tertiary/aromatic N) is 3. The number of alkyl halides is 6. The number of carbonyl (C=O) groups is 2. The van der Waals surface area contributed by atoms with Gasteiger partial charge < -0.3 is 10.2 Å². The summed E-state index contributed by atoms with van der Waals surface area (Å²) < 4.78 is 63.5. The van der Waals surface area contributed by atoms with Crippen molar-refractivity contribution >= 4 is 11.9 Å². The molecular formula is C21H23F6N3O4. The van der Waals surface area contributed by atoms with Crippen LogP contribution >= 0.6 is 0 Å². The monoisotopic (exact) mass is 495 g/mol.